The highest BCUT2D eigenvalue weighted by Gasteiger charge is 2.36. The Morgan fingerprint density at radius 2 is 1.72 bits per heavy atom. The third kappa shape index (κ3) is 4.61. The van der Waals surface area contributed by atoms with E-state index in [4.69, 9.17) is 14.2 Å². The molecule has 1 saturated heterocycles. The van der Waals surface area contributed by atoms with Crippen LogP contribution in [0.5, 0.6) is 17.2 Å². The average Bonchev–Trinajstić information content (AvgIpc) is 3.22. The summed E-state index contributed by atoms with van der Waals surface area (Å²) in [5.74, 6) is 0.589. The van der Waals surface area contributed by atoms with Gasteiger partial charge in [0.25, 0.3) is 5.91 Å². The summed E-state index contributed by atoms with van der Waals surface area (Å²) in [6.45, 7) is 0.888. The summed E-state index contributed by atoms with van der Waals surface area (Å²) in [6.07, 6.45) is -0.620. The van der Waals surface area contributed by atoms with Crippen LogP contribution in [0.3, 0.4) is 0 Å². The van der Waals surface area contributed by atoms with Crippen LogP contribution in [0.2, 0.25) is 0 Å². The first-order valence-electron chi connectivity index (χ1n) is 10.4. The second kappa shape index (κ2) is 9.59. The average molecular weight is 439 g/mol. The fraction of sp³-hybridized carbons (Fsp3) is 0.348. The van der Waals surface area contributed by atoms with Crippen LogP contribution in [0.1, 0.15) is 6.42 Å². The molecule has 0 radical (unpaired) electrons. The maximum absolute atomic E-state index is 12.5. The number of rotatable bonds is 7. The number of benzene rings is 2. The number of hydrogen-bond donors (Lipinski definition) is 2. The van der Waals surface area contributed by atoms with Gasteiger partial charge in [0.2, 0.25) is 17.9 Å². The number of fused-ring (bicyclic) bond motifs is 1. The zero-order valence-corrected chi connectivity index (χ0v) is 17.7. The fourth-order valence-corrected chi connectivity index (χ4v) is 3.75. The minimum Gasteiger partial charge on any atom is -0.495 e. The standard InChI is InChI=1S/C23H25N3O6/c1-30-17-7-3-2-6-16(17)26-13-15(12-21(26)27)22(28)24-10-11-25-23(29)20-14-31-18-8-4-5-9-19(18)32-20/h2-9,15,20H,10-14H2,1H3,(H,24,28)(H,25,29)/t15-,20-/m1/s1. The molecule has 2 aliphatic rings. The summed E-state index contributed by atoms with van der Waals surface area (Å²) >= 11 is 0. The molecule has 168 valence electrons. The summed E-state index contributed by atoms with van der Waals surface area (Å²) in [7, 11) is 1.54. The summed E-state index contributed by atoms with van der Waals surface area (Å²) in [6, 6.07) is 14.4. The van der Waals surface area contributed by atoms with Gasteiger partial charge in [-0.1, -0.05) is 24.3 Å². The van der Waals surface area contributed by atoms with Gasteiger partial charge < -0.3 is 29.7 Å². The van der Waals surface area contributed by atoms with Crippen LogP contribution in [-0.4, -0.2) is 57.2 Å². The van der Waals surface area contributed by atoms with Gasteiger partial charge in [-0.2, -0.15) is 0 Å². The summed E-state index contributed by atoms with van der Waals surface area (Å²) < 4.78 is 16.5. The van der Waals surface area contributed by atoms with Crippen LogP contribution in [-0.2, 0) is 14.4 Å². The fourth-order valence-electron chi connectivity index (χ4n) is 3.75. The van der Waals surface area contributed by atoms with Crippen LogP contribution in [0.4, 0.5) is 5.69 Å². The molecule has 0 spiro atoms. The largest absolute Gasteiger partial charge is 0.495 e. The highest BCUT2D eigenvalue weighted by molar-refractivity contribution is 6.01. The molecule has 9 heteroatoms. The topological polar surface area (TPSA) is 106 Å². The van der Waals surface area contributed by atoms with E-state index in [9.17, 15) is 14.4 Å². The van der Waals surface area contributed by atoms with Crippen molar-refractivity contribution in [3.63, 3.8) is 0 Å². The molecule has 3 amide bonds. The van der Waals surface area contributed by atoms with E-state index in [1.165, 1.54) is 0 Å². The first-order chi connectivity index (χ1) is 15.6. The van der Waals surface area contributed by atoms with Crippen LogP contribution < -0.4 is 29.7 Å². The minimum atomic E-state index is -0.748. The number of nitrogens with one attached hydrogen (secondary N) is 2. The highest BCUT2D eigenvalue weighted by atomic mass is 16.6. The van der Waals surface area contributed by atoms with Crippen molar-refractivity contribution in [2.75, 3.05) is 38.3 Å². The molecule has 2 N–H and O–H groups in total. The number of anilines is 1. The predicted octanol–water partition coefficient (Wildman–Crippen LogP) is 1.12. The van der Waals surface area contributed by atoms with Crippen molar-refractivity contribution in [2.45, 2.75) is 12.5 Å². The van der Waals surface area contributed by atoms with E-state index in [0.717, 1.165) is 0 Å². The van der Waals surface area contributed by atoms with Crippen LogP contribution >= 0.6 is 0 Å². The van der Waals surface area contributed by atoms with Crippen molar-refractivity contribution >= 4 is 23.4 Å². The van der Waals surface area contributed by atoms with E-state index in [2.05, 4.69) is 10.6 Å². The highest BCUT2D eigenvalue weighted by Crippen LogP contribution is 2.33. The molecule has 0 aromatic heterocycles. The first-order valence-corrected chi connectivity index (χ1v) is 10.4. The number of methoxy groups -OCH3 is 1. The second-order valence-corrected chi connectivity index (χ2v) is 7.52. The zero-order valence-electron chi connectivity index (χ0n) is 17.7. The molecule has 32 heavy (non-hydrogen) atoms. The van der Waals surface area contributed by atoms with Gasteiger partial charge in [0, 0.05) is 26.1 Å². The molecular formula is C23H25N3O6. The van der Waals surface area contributed by atoms with Gasteiger partial charge in [-0.05, 0) is 24.3 Å². The van der Waals surface area contributed by atoms with Crippen molar-refractivity contribution in [2.24, 2.45) is 5.92 Å². The predicted molar refractivity (Wildman–Crippen MR) is 116 cm³/mol. The van der Waals surface area contributed by atoms with E-state index < -0.39 is 12.0 Å². The molecule has 0 bridgehead atoms. The molecule has 0 saturated carbocycles. The molecular weight excluding hydrogens is 414 g/mol. The molecule has 1 fully saturated rings. The maximum atomic E-state index is 12.5. The normalized spacial score (nSPS) is 19.4. The molecule has 9 nitrogen and oxygen atoms in total. The number of ether oxygens (including phenoxy) is 3. The van der Waals surface area contributed by atoms with Crippen molar-refractivity contribution in [3.8, 4) is 17.2 Å². The Bertz CT molecular complexity index is 1010. The van der Waals surface area contributed by atoms with Crippen molar-refractivity contribution in [1.29, 1.82) is 0 Å². The number of carbonyl (C=O) groups is 3. The lowest BCUT2D eigenvalue weighted by atomic mass is 10.1. The lowest BCUT2D eigenvalue weighted by Gasteiger charge is -2.25. The van der Waals surface area contributed by atoms with Crippen molar-refractivity contribution in [1.82, 2.24) is 10.6 Å². The second-order valence-electron chi connectivity index (χ2n) is 7.52. The summed E-state index contributed by atoms with van der Waals surface area (Å²) in [5.41, 5.74) is 0.652. The summed E-state index contributed by atoms with van der Waals surface area (Å²) in [4.78, 5) is 38.9. The number of carbonyl (C=O) groups excluding carboxylic acids is 3. The molecule has 0 aliphatic carbocycles. The molecule has 2 aromatic carbocycles. The van der Waals surface area contributed by atoms with Crippen molar-refractivity contribution < 1.29 is 28.6 Å². The van der Waals surface area contributed by atoms with E-state index >= 15 is 0 Å². The van der Waals surface area contributed by atoms with Gasteiger partial charge in [0.1, 0.15) is 12.4 Å². The zero-order chi connectivity index (χ0) is 22.5. The monoisotopic (exact) mass is 439 g/mol. The third-order valence-corrected chi connectivity index (χ3v) is 5.40. The van der Waals surface area contributed by atoms with E-state index in [0.29, 0.717) is 22.9 Å². The van der Waals surface area contributed by atoms with Gasteiger partial charge >= 0.3 is 0 Å². The SMILES string of the molecule is COc1ccccc1N1C[C@H](C(=O)NCCNC(=O)[C@H]2COc3ccccc3O2)CC1=O. The Hall–Kier alpha value is -3.75. The Labute approximate surface area is 185 Å². The number of nitrogens with zero attached hydrogens (tertiary/aromatic N) is 1. The maximum Gasteiger partial charge on any atom is 0.264 e. The number of hydrogen-bond acceptors (Lipinski definition) is 6. The number of para-hydroxylation sites is 4. The Kier molecular flexibility index (Phi) is 6.44. The van der Waals surface area contributed by atoms with Gasteiger partial charge in [0.05, 0.1) is 18.7 Å². The van der Waals surface area contributed by atoms with E-state index in [1.807, 2.05) is 18.2 Å². The first kappa shape index (κ1) is 21.5. The quantitative estimate of drug-likeness (QED) is 0.627. The summed E-state index contributed by atoms with van der Waals surface area (Å²) in [5, 5.41) is 5.52. The lowest BCUT2D eigenvalue weighted by Crippen LogP contribution is -2.46. The Morgan fingerprint density at radius 1 is 1.03 bits per heavy atom. The molecule has 0 unspecified atom stereocenters. The van der Waals surface area contributed by atoms with Crippen LogP contribution in [0.25, 0.3) is 0 Å². The smallest absolute Gasteiger partial charge is 0.264 e. The van der Waals surface area contributed by atoms with Crippen molar-refractivity contribution in [3.05, 3.63) is 48.5 Å². The van der Waals surface area contributed by atoms with Crippen LogP contribution in [0, 0.1) is 5.92 Å². The lowest BCUT2D eigenvalue weighted by molar-refractivity contribution is -0.130. The molecule has 2 aromatic rings. The van der Waals surface area contributed by atoms with Gasteiger partial charge in [-0.15, -0.1) is 0 Å². The molecule has 2 atom stereocenters. The minimum absolute atomic E-state index is 0.123. The van der Waals surface area contributed by atoms with E-state index in [1.54, 1.807) is 42.3 Å². The van der Waals surface area contributed by atoms with E-state index in [-0.39, 0.29) is 50.4 Å². The molecule has 2 aliphatic heterocycles. The Morgan fingerprint density at radius 3 is 2.50 bits per heavy atom. The molecule has 2 heterocycles. The number of amides is 3. The van der Waals surface area contributed by atoms with Crippen LogP contribution in [0.15, 0.2) is 48.5 Å². The van der Waals surface area contributed by atoms with Gasteiger partial charge in [-0.3, -0.25) is 14.4 Å². The Balaban J connectivity index is 1.22. The van der Waals surface area contributed by atoms with Gasteiger partial charge in [-0.25, -0.2) is 0 Å². The third-order valence-electron chi connectivity index (χ3n) is 5.40. The molecule has 4 rings (SSSR count). The van der Waals surface area contributed by atoms with Gasteiger partial charge in [0.15, 0.2) is 11.5 Å².